The molecule has 0 aliphatic carbocycles. The SMILES string of the molecule is COc1cc(Cl)c(C)cc1NCC(=O)Nc1ccccc1Br. The summed E-state index contributed by atoms with van der Waals surface area (Å²) in [5.41, 5.74) is 2.37. The first-order valence-electron chi connectivity index (χ1n) is 6.63. The van der Waals surface area contributed by atoms with Gasteiger partial charge in [0.25, 0.3) is 0 Å². The van der Waals surface area contributed by atoms with E-state index in [4.69, 9.17) is 16.3 Å². The number of nitrogens with one attached hydrogen (secondary N) is 2. The zero-order chi connectivity index (χ0) is 16.1. The van der Waals surface area contributed by atoms with Gasteiger partial charge in [-0.15, -0.1) is 0 Å². The number of hydrogen-bond acceptors (Lipinski definition) is 3. The van der Waals surface area contributed by atoms with Crippen molar-refractivity contribution in [1.29, 1.82) is 0 Å². The molecule has 0 spiro atoms. The van der Waals surface area contributed by atoms with Crippen LogP contribution in [0.4, 0.5) is 11.4 Å². The van der Waals surface area contributed by atoms with Gasteiger partial charge in [-0.25, -0.2) is 0 Å². The fourth-order valence-electron chi connectivity index (χ4n) is 1.90. The van der Waals surface area contributed by atoms with Crippen LogP contribution in [0.2, 0.25) is 5.02 Å². The summed E-state index contributed by atoms with van der Waals surface area (Å²) in [6.07, 6.45) is 0. The van der Waals surface area contributed by atoms with Crippen molar-refractivity contribution in [2.24, 2.45) is 0 Å². The van der Waals surface area contributed by atoms with Crippen molar-refractivity contribution in [3.05, 3.63) is 51.5 Å². The lowest BCUT2D eigenvalue weighted by Gasteiger charge is -2.13. The van der Waals surface area contributed by atoms with Crippen LogP contribution in [0.25, 0.3) is 0 Å². The number of benzene rings is 2. The van der Waals surface area contributed by atoms with Crippen molar-refractivity contribution < 1.29 is 9.53 Å². The van der Waals surface area contributed by atoms with E-state index < -0.39 is 0 Å². The molecule has 0 aromatic heterocycles. The van der Waals surface area contributed by atoms with Crippen LogP contribution in [-0.4, -0.2) is 19.6 Å². The largest absolute Gasteiger partial charge is 0.495 e. The maximum absolute atomic E-state index is 12.0. The van der Waals surface area contributed by atoms with E-state index in [9.17, 15) is 4.79 Å². The molecule has 2 aromatic rings. The lowest BCUT2D eigenvalue weighted by Crippen LogP contribution is -2.22. The monoisotopic (exact) mass is 382 g/mol. The molecule has 1 amide bonds. The average molecular weight is 384 g/mol. The highest BCUT2D eigenvalue weighted by Gasteiger charge is 2.09. The predicted molar refractivity (Wildman–Crippen MR) is 94.0 cm³/mol. The number of methoxy groups -OCH3 is 1. The third-order valence-electron chi connectivity index (χ3n) is 3.07. The summed E-state index contributed by atoms with van der Waals surface area (Å²) in [4.78, 5) is 12.0. The molecule has 0 atom stereocenters. The smallest absolute Gasteiger partial charge is 0.243 e. The molecule has 0 saturated carbocycles. The van der Waals surface area contributed by atoms with Gasteiger partial charge in [0.2, 0.25) is 5.91 Å². The number of carbonyl (C=O) groups excluding carboxylic acids is 1. The van der Waals surface area contributed by atoms with Crippen LogP contribution in [0, 0.1) is 6.92 Å². The molecule has 0 radical (unpaired) electrons. The maximum Gasteiger partial charge on any atom is 0.243 e. The summed E-state index contributed by atoms with van der Waals surface area (Å²) in [5.74, 6) is 0.450. The van der Waals surface area contributed by atoms with E-state index in [0.29, 0.717) is 10.8 Å². The maximum atomic E-state index is 12.0. The molecule has 0 unspecified atom stereocenters. The lowest BCUT2D eigenvalue weighted by atomic mass is 10.2. The minimum atomic E-state index is -0.151. The van der Waals surface area contributed by atoms with E-state index in [0.717, 1.165) is 21.4 Å². The first-order valence-corrected chi connectivity index (χ1v) is 7.80. The molecular formula is C16H16BrClN2O2. The van der Waals surface area contributed by atoms with Gasteiger partial charge in [0.05, 0.1) is 25.0 Å². The Hall–Kier alpha value is -1.72. The fraction of sp³-hybridized carbons (Fsp3) is 0.188. The van der Waals surface area contributed by atoms with Gasteiger partial charge in [-0.1, -0.05) is 23.7 Å². The Morgan fingerprint density at radius 1 is 1.27 bits per heavy atom. The van der Waals surface area contributed by atoms with Crippen LogP contribution in [0.15, 0.2) is 40.9 Å². The molecule has 4 nitrogen and oxygen atoms in total. The summed E-state index contributed by atoms with van der Waals surface area (Å²) in [7, 11) is 1.56. The van der Waals surface area contributed by atoms with Crippen molar-refractivity contribution in [2.75, 3.05) is 24.3 Å². The minimum Gasteiger partial charge on any atom is -0.495 e. The molecule has 2 aromatic carbocycles. The van der Waals surface area contributed by atoms with E-state index in [1.165, 1.54) is 0 Å². The van der Waals surface area contributed by atoms with Gasteiger partial charge >= 0.3 is 0 Å². The standard InChI is InChI=1S/C16H16BrClN2O2/c1-10-7-14(15(22-2)8-12(10)18)19-9-16(21)20-13-6-4-3-5-11(13)17/h3-8,19H,9H2,1-2H3,(H,20,21). The van der Waals surface area contributed by atoms with Crippen LogP contribution >= 0.6 is 27.5 Å². The second kappa shape index (κ2) is 7.51. The Balaban J connectivity index is 2.02. The zero-order valence-electron chi connectivity index (χ0n) is 12.2. The summed E-state index contributed by atoms with van der Waals surface area (Å²) < 4.78 is 6.10. The summed E-state index contributed by atoms with van der Waals surface area (Å²) in [6.45, 7) is 2.02. The van der Waals surface area contributed by atoms with Crippen molar-refractivity contribution >= 4 is 44.8 Å². The highest BCUT2D eigenvalue weighted by Crippen LogP contribution is 2.30. The second-order valence-electron chi connectivity index (χ2n) is 4.68. The number of halogens is 2. The van der Waals surface area contributed by atoms with E-state index in [2.05, 4.69) is 26.6 Å². The number of para-hydroxylation sites is 1. The van der Waals surface area contributed by atoms with Crippen molar-refractivity contribution in [1.82, 2.24) is 0 Å². The highest BCUT2D eigenvalue weighted by molar-refractivity contribution is 9.10. The molecule has 0 saturated heterocycles. The van der Waals surface area contributed by atoms with Crippen molar-refractivity contribution in [3.63, 3.8) is 0 Å². The third kappa shape index (κ3) is 4.15. The molecule has 116 valence electrons. The van der Waals surface area contributed by atoms with Gasteiger partial charge in [0, 0.05) is 15.6 Å². The first kappa shape index (κ1) is 16.6. The molecular weight excluding hydrogens is 368 g/mol. The van der Waals surface area contributed by atoms with E-state index in [1.54, 1.807) is 13.2 Å². The predicted octanol–water partition coefficient (Wildman–Crippen LogP) is 4.47. The lowest BCUT2D eigenvalue weighted by molar-refractivity contribution is -0.114. The molecule has 2 N–H and O–H groups in total. The first-order chi connectivity index (χ1) is 10.5. The van der Waals surface area contributed by atoms with E-state index in [-0.39, 0.29) is 12.5 Å². The number of aryl methyl sites for hydroxylation is 1. The second-order valence-corrected chi connectivity index (χ2v) is 5.94. The van der Waals surface area contributed by atoms with Gasteiger partial charge < -0.3 is 15.4 Å². The molecule has 0 aliphatic heterocycles. The Morgan fingerprint density at radius 2 is 2.00 bits per heavy atom. The van der Waals surface area contributed by atoms with Gasteiger partial charge in [-0.2, -0.15) is 0 Å². The van der Waals surface area contributed by atoms with Crippen molar-refractivity contribution in [3.8, 4) is 5.75 Å². The minimum absolute atomic E-state index is 0.124. The van der Waals surface area contributed by atoms with Gasteiger partial charge in [0.1, 0.15) is 5.75 Å². The number of carbonyl (C=O) groups is 1. The summed E-state index contributed by atoms with van der Waals surface area (Å²) >= 11 is 9.45. The van der Waals surface area contributed by atoms with Crippen LogP contribution in [0.1, 0.15) is 5.56 Å². The number of rotatable bonds is 5. The molecule has 2 rings (SSSR count). The molecule has 0 aliphatic rings. The summed E-state index contributed by atoms with van der Waals surface area (Å²) in [6, 6.07) is 11.0. The average Bonchev–Trinajstić information content (AvgIpc) is 2.50. The quantitative estimate of drug-likeness (QED) is 0.801. The molecule has 0 heterocycles. The van der Waals surface area contributed by atoms with Crippen LogP contribution in [0.5, 0.6) is 5.75 Å². The summed E-state index contributed by atoms with van der Waals surface area (Å²) in [5, 5.41) is 6.51. The molecule has 0 fully saturated rings. The Kier molecular flexibility index (Phi) is 5.69. The zero-order valence-corrected chi connectivity index (χ0v) is 14.6. The number of ether oxygens (including phenoxy) is 1. The number of amides is 1. The Bertz CT molecular complexity index is 692. The fourth-order valence-corrected chi connectivity index (χ4v) is 2.44. The van der Waals surface area contributed by atoms with Crippen LogP contribution in [0.3, 0.4) is 0 Å². The molecule has 6 heteroatoms. The molecule has 22 heavy (non-hydrogen) atoms. The highest BCUT2D eigenvalue weighted by atomic mass is 79.9. The topological polar surface area (TPSA) is 50.4 Å². The number of anilines is 2. The third-order valence-corrected chi connectivity index (χ3v) is 4.17. The Labute approximate surface area is 142 Å². The molecule has 0 bridgehead atoms. The van der Waals surface area contributed by atoms with E-state index >= 15 is 0 Å². The van der Waals surface area contributed by atoms with Gasteiger partial charge in [0.15, 0.2) is 0 Å². The number of hydrogen-bond donors (Lipinski definition) is 2. The van der Waals surface area contributed by atoms with Gasteiger partial charge in [-0.3, -0.25) is 4.79 Å². The van der Waals surface area contributed by atoms with Crippen LogP contribution in [-0.2, 0) is 4.79 Å². The normalized spacial score (nSPS) is 10.2. The van der Waals surface area contributed by atoms with Crippen LogP contribution < -0.4 is 15.4 Å². The Morgan fingerprint density at radius 3 is 2.68 bits per heavy atom. The van der Waals surface area contributed by atoms with E-state index in [1.807, 2.05) is 37.3 Å². The van der Waals surface area contributed by atoms with Crippen molar-refractivity contribution in [2.45, 2.75) is 6.92 Å². The van der Waals surface area contributed by atoms with Gasteiger partial charge in [-0.05, 0) is 46.6 Å².